The standard InChI is InChI=1S/C14H18O5/c1-5-18-12-10(19-14(2,3)4)7-6-9(8-15)11(12)13(16)17/h6-8H,5H2,1-4H3,(H,16,17). The summed E-state index contributed by atoms with van der Waals surface area (Å²) in [6.07, 6.45) is 0.493. The summed E-state index contributed by atoms with van der Waals surface area (Å²) in [6.45, 7) is 7.55. The molecule has 0 aliphatic heterocycles. The smallest absolute Gasteiger partial charge is 0.340 e. The van der Waals surface area contributed by atoms with E-state index in [1.54, 1.807) is 13.0 Å². The van der Waals surface area contributed by atoms with Crippen LogP contribution in [0.3, 0.4) is 0 Å². The minimum absolute atomic E-state index is 0.0669. The molecule has 0 fully saturated rings. The minimum Gasteiger partial charge on any atom is -0.489 e. The van der Waals surface area contributed by atoms with E-state index in [1.165, 1.54) is 6.07 Å². The number of rotatable bonds is 5. The summed E-state index contributed by atoms with van der Waals surface area (Å²) in [5.74, 6) is -0.809. The molecule has 0 atom stereocenters. The molecule has 0 saturated carbocycles. The first-order valence-corrected chi connectivity index (χ1v) is 5.97. The Hall–Kier alpha value is -2.04. The Bertz CT molecular complexity index is 485. The molecular formula is C14H18O5. The van der Waals surface area contributed by atoms with Crippen molar-refractivity contribution in [2.45, 2.75) is 33.3 Å². The molecule has 1 N–H and O–H groups in total. The average molecular weight is 266 g/mol. The molecule has 5 nitrogen and oxygen atoms in total. The lowest BCUT2D eigenvalue weighted by molar-refractivity contribution is 0.0684. The topological polar surface area (TPSA) is 72.8 Å². The predicted octanol–water partition coefficient (Wildman–Crippen LogP) is 2.77. The zero-order valence-corrected chi connectivity index (χ0v) is 11.5. The molecule has 104 valence electrons. The number of benzene rings is 1. The van der Waals surface area contributed by atoms with Gasteiger partial charge in [-0.1, -0.05) is 0 Å². The van der Waals surface area contributed by atoms with Gasteiger partial charge in [-0.25, -0.2) is 4.79 Å². The van der Waals surface area contributed by atoms with E-state index in [1.807, 2.05) is 20.8 Å². The van der Waals surface area contributed by atoms with Crippen LogP contribution in [0.1, 0.15) is 48.4 Å². The van der Waals surface area contributed by atoms with E-state index in [0.717, 1.165) is 0 Å². The monoisotopic (exact) mass is 266 g/mol. The Balaban J connectivity index is 3.44. The van der Waals surface area contributed by atoms with E-state index in [0.29, 0.717) is 12.0 Å². The third-order valence-electron chi connectivity index (χ3n) is 2.20. The van der Waals surface area contributed by atoms with Crippen molar-refractivity contribution in [2.24, 2.45) is 0 Å². The molecule has 0 aliphatic carbocycles. The normalized spacial score (nSPS) is 10.9. The van der Waals surface area contributed by atoms with Gasteiger partial charge < -0.3 is 14.6 Å². The fourth-order valence-corrected chi connectivity index (χ4v) is 1.60. The number of ether oxygens (including phenoxy) is 2. The van der Waals surface area contributed by atoms with E-state index in [2.05, 4.69) is 0 Å². The maximum Gasteiger partial charge on any atom is 0.340 e. The molecule has 1 aromatic carbocycles. The van der Waals surface area contributed by atoms with Crippen molar-refractivity contribution >= 4 is 12.3 Å². The molecule has 0 spiro atoms. The molecule has 0 saturated heterocycles. The number of carbonyl (C=O) groups excluding carboxylic acids is 1. The van der Waals surface area contributed by atoms with Gasteiger partial charge in [0.05, 0.1) is 6.61 Å². The number of hydrogen-bond acceptors (Lipinski definition) is 4. The lowest BCUT2D eigenvalue weighted by atomic mass is 10.1. The summed E-state index contributed by atoms with van der Waals surface area (Å²) >= 11 is 0. The van der Waals surface area contributed by atoms with Gasteiger partial charge >= 0.3 is 5.97 Å². The number of carboxylic acids is 1. The van der Waals surface area contributed by atoms with Crippen molar-refractivity contribution in [2.75, 3.05) is 6.61 Å². The highest BCUT2D eigenvalue weighted by atomic mass is 16.5. The van der Waals surface area contributed by atoms with Gasteiger partial charge in [0.2, 0.25) is 0 Å². The summed E-state index contributed by atoms with van der Waals surface area (Å²) in [7, 11) is 0. The van der Waals surface area contributed by atoms with Crippen LogP contribution in [0.25, 0.3) is 0 Å². The molecule has 0 heterocycles. The van der Waals surface area contributed by atoms with Gasteiger partial charge in [0.15, 0.2) is 17.8 Å². The van der Waals surface area contributed by atoms with Crippen molar-refractivity contribution < 1.29 is 24.2 Å². The summed E-state index contributed by atoms with van der Waals surface area (Å²) in [4.78, 5) is 22.2. The summed E-state index contributed by atoms with van der Waals surface area (Å²) in [5.41, 5.74) is -0.597. The number of aromatic carboxylic acids is 1. The Labute approximate surface area is 112 Å². The Morgan fingerprint density at radius 1 is 1.37 bits per heavy atom. The molecule has 1 rings (SSSR count). The lowest BCUT2D eigenvalue weighted by Gasteiger charge is -2.24. The second kappa shape index (κ2) is 5.73. The highest BCUT2D eigenvalue weighted by Crippen LogP contribution is 2.35. The van der Waals surface area contributed by atoms with E-state index in [4.69, 9.17) is 9.47 Å². The molecule has 0 amide bonds. The second-order valence-corrected chi connectivity index (χ2v) is 4.93. The number of aldehydes is 1. The van der Waals surface area contributed by atoms with Crippen LogP contribution in [0.2, 0.25) is 0 Å². The van der Waals surface area contributed by atoms with Gasteiger partial charge in [-0.2, -0.15) is 0 Å². The van der Waals surface area contributed by atoms with Crippen molar-refractivity contribution in [3.63, 3.8) is 0 Å². The van der Waals surface area contributed by atoms with Crippen molar-refractivity contribution in [1.82, 2.24) is 0 Å². The molecule has 0 radical (unpaired) electrons. The summed E-state index contributed by atoms with van der Waals surface area (Å²) in [6, 6.07) is 2.96. The molecule has 0 aliphatic rings. The third-order valence-corrected chi connectivity index (χ3v) is 2.20. The average Bonchev–Trinajstić information content (AvgIpc) is 2.28. The predicted molar refractivity (Wildman–Crippen MR) is 70.3 cm³/mol. The number of carboxylic acid groups (broad SMARTS) is 1. The first-order valence-electron chi connectivity index (χ1n) is 5.97. The Morgan fingerprint density at radius 3 is 2.42 bits per heavy atom. The molecule has 5 heteroatoms. The lowest BCUT2D eigenvalue weighted by Crippen LogP contribution is -2.24. The summed E-state index contributed by atoms with van der Waals surface area (Å²) in [5, 5.41) is 9.23. The quantitative estimate of drug-likeness (QED) is 0.829. The van der Waals surface area contributed by atoms with Crippen LogP contribution in [0.15, 0.2) is 12.1 Å². The van der Waals surface area contributed by atoms with E-state index in [9.17, 15) is 14.7 Å². The van der Waals surface area contributed by atoms with Gasteiger partial charge in [0.1, 0.15) is 11.2 Å². The first-order chi connectivity index (χ1) is 8.80. The molecule has 0 unspecified atom stereocenters. The molecule has 0 bridgehead atoms. The van der Waals surface area contributed by atoms with Gasteiger partial charge in [-0.05, 0) is 39.8 Å². The Morgan fingerprint density at radius 2 is 2.00 bits per heavy atom. The van der Waals surface area contributed by atoms with Gasteiger partial charge in [-0.15, -0.1) is 0 Å². The fraction of sp³-hybridized carbons (Fsp3) is 0.429. The van der Waals surface area contributed by atoms with Gasteiger partial charge in [-0.3, -0.25) is 4.79 Å². The largest absolute Gasteiger partial charge is 0.489 e. The van der Waals surface area contributed by atoms with Crippen LogP contribution in [-0.2, 0) is 0 Å². The second-order valence-electron chi connectivity index (χ2n) is 4.93. The molecular weight excluding hydrogens is 248 g/mol. The highest BCUT2D eigenvalue weighted by molar-refractivity contribution is 6.00. The zero-order valence-electron chi connectivity index (χ0n) is 11.5. The Kier molecular flexibility index (Phi) is 4.53. The minimum atomic E-state index is -1.22. The zero-order chi connectivity index (χ0) is 14.6. The van der Waals surface area contributed by atoms with E-state index in [-0.39, 0.29) is 23.5 Å². The van der Waals surface area contributed by atoms with Crippen molar-refractivity contribution in [3.8, 4) is 11.5 Å². The molecule has 19 heavy (non-hydrogen) atoms. The van der Waals surface area contributed by atoms with Crippen LogP contribution in [0.5, 0.6) is 11.5 Å². The van der Waals surface area contributed by atoms with Crippen LogP contribution < -0.4 is 9.47 Å². The fourth-order valence-electron chi connectivity index (χ4n) is 1.60. The first kappa shape index (κ1) is 15.0. The van der Waals surface area contributed by atoms with Crippen LogP contribution in [0.4, 0.5) is 0 Å². The number of carbonyl (C=O) groups is 2. The third kappa shape index (κ3) is 3.71. The van der Waals surface area contributed by atoms with Crippen LogP contribution >= 0.6 is 0 Å². The van der Waals surface area contributed by atoms with E-state index < -0.39 is 11.6 Å². The molecule has 0 aromatic heterocycles. The van der Waals surface area contributed by atoms with Crippen LogP contribution in [0, 0.1) is 0 Å². The highest BCUT2D eigenvalue weighted by Gasteiger charge is 2.24. The van der Waals surface area contributed by atoms with E-state index >= 15 is 0 Å². The maximum atomic E-state index is 11.3. The van der Waals surface area contributed by atoms with Crippen molar-refractivity contribution in [1.29, 1.82) is 0 Å². The van der Waals surface area contributed by atoms with Gasteiger partial charge in [0.25, 0.3) is 0 Å². The number of hydrogen-bond donors (Lipinski definition) is 1. The van der Waals surface area contributed by atoms with Gasteiger partial charge in [0, 0.05) is 5.56 Å². The molecule has 1 aromatic rings. The summed E-state index contributed by atoms with van der Waals surface area (Å²) < 4.78 is 11.0. The van der Waals surface area contributed by atoms with Crippen molar-refractivity contribution in [3.05, 3.63) is 23.3 Å². The maximum absolute atomic E-state index is 11.3. The van der Waals surface area contributed by atoms with Crippen LogP contribution in [-0.4, -0.2) is 29.6 Å². The SMILES string of the molecule is CCOc1c(OC(C)(C)C)ccc(C=O)c1C(=O)O.